The molecule has 0 bridgehead atoms. The number of hydrogen-bond donors (Lipinski definition) is 0. The average molecular weight is 317 g/mol. The fourth-order valence-electron chi connectivity index (χ4n) is 1.55. The van der Waals surface area contributed by atoms with Gasteiger partial charge in [0.15, 0.2) is 15.2 Å². The lowest BCUT2D eigenvalue weighted by molar-refractivity contribution is 0.0606. The third-order valence-corrected chi connectivity index (χ3v) is 4.87. The zero-order chi connectivity index (χ0) is 13.8. The lowest BCUT2D eigenvalue weighted by Crippen LogP contribution is -2.21. The molecule has 0 saturated carbocycles. The first-order valence-corrected chi connectivity index (χ1v) is 7.75. The molecule has 2 rings (SSSR count). The Labute approximate surface area is 124 Å². The predicted molar refractivity (Wildman–Crippen MR) is 79.5 cm³/mol. The van der Waals surface area contributed by atoms with Gasteiger partial charge in [0.05, 0.1) is 13.7 Å². The van der Waals surface area contributed by atoms with E-state index < -0.39 is 5.97 Å². The Morgan fingerprint density at radius 3 is 2.95 bits per heavy atom. The van der Waals surface area contributed by atoms with E-state index in [2.05, 4.69) is 20.7 Å². The Bertz CT molecular complexity index is 554. The summed E-state index contributed by atoms with van der Waals surface area (Å²) in [6.07, 6.45) is 0. The molecule has 4 nitrogen and oxygen atoms in total. The number of ether oxygens (including phenoxy) is 1. The van der Waals surface area contributed by atoms with Crippen LogP contribution in [0.25, 0.3) is 0 Å². The van der Waals surface area contributed by atoms with Crippen molar-refractivity contribution < 1.29 is 9.53 Å². The molecule has 0 aliphatic carbocycles. The monoisotopic (exact) mass is 316 g/mol. The minimum Gasteiger partial charge on any atom is -0.465 e. The molecule has 0 aliphatic heterocycles. The average Bonchev–Trinajstić information content (AvgIpc) is 3.04. The normalized spacial score (nSPS) is 10.5. The Kier molecular flexibility index (Phi) is 4.79. The van der Waals surface area contributed by atoms with Crippen LogP contribution in [0.5, 0.6) is 0 Å². The molecule has 0 atom stereocenters. The summed E-state index contributed by atoms with van der Waals surface area (Å²) in [5.74, 6) is -0.444. The van der Waals surface area contributed by atoms with Crippen molar-refractivity contribution in [3.8, 4) is 0 Å². The van der Waals surface area contributed by atoms with E-state index in [1.54, 1.807) is 11.3 Å². The molecule has 0 unspecified atom stereocenters. The summed E-state index contributed by atoms with van der Waals surface area (Å²) in [5.41, 5.74) is 0. The minimum atomic E-state index is -0.444. The molecule has 2 aromatic rings. The van der Waals surface area contributed by atoms with Crippen molar-refractivity contribution in [1.29, 1.82) is 0 Å². The molecule has 0 spiro atoms. The summed E-state index contributed by atoms with van der Waals surface area (Å²) in [6, 6.07) is 4.09. The molecular weight excluding hydrogens is 304 g/mol. The molecule has 102 valence electrons. The van der Waals surface area contributed by atoms with Gasteiger partial charge in [0.25, 0.3) is 0 Å². The number of rotatable bonds is 5. The molecule has 2 aromatic heterocycles. The van der Waals surface area contributed by atoms with E-state index in [0.717, 1.165) is 18.2 Å². The molecule has 7 heteroatoms. The molecule has 0 radical (unpaired) electrons. The molecule has 2 heterocycles. The molecule has 0 fully saturated rings. The fourth-order valence-corrected chi connectivity index (χ4v) is 3.53. The highest BCUT2D eigenvalue weighted by molar-refractivity contribution is 7.18. The molecule has 0 saturated heterocycles. The van der Waals surface area contributed by atoms with E-state index in [4.69, 9.17) is 11.6 Å². The van der Waals surface area contributed by atoms with Gasteiger partial charge >= 0.3 is 5.97 Å². The molecule has 0 aromatic carbocycles. The summed E-state index contributed by atoms with van der Waals surface area (Å²) in [5, 5.41) is 2.98. The van der Waals surface area contributed by atoms with Gasteiger partial charge in [-0.2, -0.15) is 0 Å². The maximum Gasteiger partial charge on any atom is 0.351 e. The molecule has 0 amide bonds. The van der Waals surface area contributed by atoms with Crippen LogP contribution < -0.4 is 4.90 Å². The Balaban J connectivity index is 2.21. The van der Waals surface area contributed by atoms with Crippen LogP contribution >= 0.6 is 34.3 Å². The Hall–Kier alpha value is -1.11. The van der Waals surface area contributed by atoms with E-state index >= 15 is 0 Å². The first kappa shape index (κ1) is 14.3. The number of esters is 1. The summed E-state index contributed by atoms with van der Waals surface area (Å²) in [7, 11) is 1.33. The van der Waals surface area contributed by atoms with Crippen molar-refractivity contribution >= 4 is 45.4 Å². The smallest absolute Gasteiger partial charge is 0.351 e. The SMILES string of the molecule is CCN(Cc1cccs1)c1nc(Cl)c(C(=O)OC)s1. The van der Waals surface area contributed by atoms with Gasteiger partial charge < -0.3 is 9.64 Å². The molecule has 0 aliphatic rings. The summed E-state index contributed by atoms with van der Waals surface area (Å²) >= 11 is 8.93. The van der Waals surface area contributed by atoms with Gasteiger partial charge in [0, 0.05) is 11.4 Å². The first-order valence-electron chi connectivity index (χ1n) is 5.67. The Morgan fingerprint density at radius 1 is 1.58 bits per heavy atom. The van der Waals surface area contributed by atoms with Gasteiger partial charge in [-0.3, -0.25) is 0 Å². The van der Waals surface area contributed by atoms with Gasteiger partial charge in [0.1, 0.15) is 0 Å². The first-order chi connectivity index (χ1) is 9.15. The van der Waals surface area contributed by atoms with E-state index in [0.29, 0.717) is 4.88 Å². The number of thiophene rings is 1. The van der Waals surface area contributed by atoms with Crippen LogP contribution in [0.1, 0.15) is 21.5 Å². The summed E-state index contributed by atoms with van der Waals surface area (Å²) in [6.45, 7) is 3.60. The van der Waals surface area contributed by atoms with Gasteiger partial charge in [-0.1, -0.05) is 29.0 Å². The third kappa shape index (κ3) is 3.26. The van der Waals surface area contributed by atoms with Gasteiger partial charge in [-0.25, -0.2) is 9.78 Å². The van der Waals surface area contributed by atoms with E-state index in [9.17, 15) is 4.79 Å². The number of halogens is 1. The van der Waals surface area contributed by atoms with Crippen LogP contribution in [0, 0.1) is 0 Å². The standard InChI is InChI=1S/C12H13ClN2O2S2/c1-3-15(7-8-5-4-6-18-8)12-14-10(13)9(19-12)11(16)17-2/h4-6H,3,7H2,1-2H3. The number of thiazole rings is 1. The molecular formula is C12H13ClN2O2S2. The highest BCUT2D eigenvalue weighted by Crippen LogP contribution is 2.31. The zero-order valence-electron chi connectivity index (χ0n) is 10.6. The summed E-state index contributed by atoms with van der Waals surface area (Å²) < 4.78 is 4.68. The Morgan fingerprint density at radius 2 is 2.37 bits per heavy atom. The van der Waals surface area contributed by atoms with Crippen LogP contribution in [0.2, 0.25) is 5.15 Å². The van der Waals surface area contributed by atoms with Crippen molar-refractivity contribution in [2.45, 2.75) is 13.5 Å². The maximum absolute atomic E-state index is 11.5. The van der Waals surface area contributed by atoms with Gasteiger partial charge in [0.2, 0.25) is 0 Å². The number of hydrogen-bond acceptors (Lipinski definition) is 6. The molecule has 0 N–H and O–H groups in total. The fraction of sp³-hybridized carbons (Fsp3) is 0.333. The van der Waals surface area contributed by atoms with Crippen molar-refractivity contribution in [1.82, 2.24) is 4.98 Å². The van der Waals surface area contributed by atoms with Crippen LogP contribution in [0.3, 0.4) is 0 Å². The van der Waals surface area contributed by atoms with Gasteiger partial charge in [-0.15, -0.1) is 11.3 Å². The summed E-state index contributed by atoms with van der Waals surface area (Å²) in [4.78, 5) is 19.4. The quantitative estimate of drug-likeness (QED) is 0.789. The number of anilines is 1. The van der Waals surface area contributed by atoms with Crippen LogP contribution in [-0.4, -0.2) is 24.6 Å². The second-order valence-electron chi connectivity index (χ2n) is 3.70. The van der Waals surface area contributed by atoms with Crippen LogP contribution in [0.15, 0.2) is 17.5 Å². The second kappa shape index (κ2) is 6.36. The largest absolute Gasteiger partial charge is 0.465 e. The van der Waals surface area contributed by atoms with E-state index in [-0.39, 0.29) is 5.15 Å². The minimum absolute atomic E-state index is 0.205. The van der Waals surface area contributed by atoms with Crippen molar-refractivity contribution in [2.75, 3.05) is 18.6 Å². The number of carbonyl (C=O) groups excluding carboxylic acids is 1. The lowest BCUT2D eigenvalue weighted by atomic mass is 10.4. The van der Waals surface area contributed by atoms with Crippen LogP contribution in [-0.2, 0) is 11.3 Å². The van der Waals surface area contributed by atoms with Crippen molar-refractivity contribution in [3.05, 3.63) is 32.4 Å². The number of aromatic nitrogens is 1. The lowest BCUT2D eigenvalue weighted by Gasteiger charge is -2.18. The van der Waals surface area contributed by atoms with Crippen LogP contribution in [0.4, 0.5) is 5.13 Å². The topological polar surface area (TPSA) is 42.4 Å². The predicted octanol–water partition coefficient (Wildman–Crippen LogP) is 3.67. The van der Waals surface area contributed by atoms with Crippen molar-refractivity contribution in [2.24, 2.45) is 0 Å². The highest BCUT2D eigenvalue weighted by Gasteiger charge is 2.20. The van der Waals surface area contributed by atoms with E-state index in [1.807, 2.05) is 18.4 Å². The maximum atomic E-state index is 11.5. The number of carbonyl (C=O) groups is 1. The van der Waals surface area contributed by atoms with Crippen molar-refractivity contribution in [3.63, 3.8) is 0 Å². The van der Waals surface area contributed by atoms with Gasteiger partial charge in [-0.05, 0) is 18.4 Å². The highest BCUT2D eigenvalue weighted by atomic mass is 35.5. The second-order valence-corrected chi connectivity index (χ2v) is 6.07. The number of nitrogens with zero attached hydrogens (tertiary/aromatic N) is 2. The molecule has 19 heavy (non-hydrogen) atoms. The zero-order valence-corrected chi connectivity index (χ0v) is 12.9. The van der Waals surface area contributed by atoms with E-state index in [1.165, 1.54) is 23.3 Å². The number of methoxy groups -OCH3 is 1. The third-order valence-electron chi connectivity index (χ3n) is 2.52.